The van der Waals surface area contributed by atoms with E-state index in [1.165, 1.54) is 21.6 Å². The maximum Gasteiger partial charge on any atom is 0.0817 e. The Hall–Kier alpha value is -2.61. The van der Waals surface area contributed by atoms with E-state index in [-0.39, 0.29) is 16.8 Å². The van der Waals surface area contributed by atoms with Gasteiger partial charge in [-0.2, -0.15) is 0 Å². The molecule has 2 aliphatic rings. The van der Waals surface area contributed by atoms with Crippen molar-refractivity contribution in [1.29, 1.82) is 0 Å². The molecule has 6 radical (unpaired) electrons. The van der Waals surface area contributed by atoms with Gasteiger partial charge in [0.25, 0.3) is 0 Å². The molecule has 2 nitrogen and oxygen atoms in total. The van der Waals surface area contributed by atoms with Crippen molar-refractivity contribution in [1.82, 2.24) is 0 Å². The predicted octanol–water partition coefficient (Wildman–Crippen LogP) is 2.41. The summed E-state index contributed by atoms with van der Waals surface area (Å²) < 4.78 is 0. The van der Waals surface area contributed by atoms with Gasteiger partial charge in [-0.3, -0.25) is 0 Å². The summed E-state index contributed by atoms with van der Waals surface area (Å²) in [4.78, 5) is 9.52. The van der Waals surface area contributed by atoms with E-state index < -0.39 is 0 Å². The minimum atomic E-state index is 0. The standard InChI is InChI=1S/C18H10N2.2B/c1-3-7-14-11(5-1)12-9-10-16-17(18(12)20-14)13-6-2-4-8-15(13)19-16;;/h1-10H;;. The molecule has 0 saturated carbocycles. The predicted molar refractivity (Wildman–Crippen MR) is 89.1 cm³/mol. The first-order chi connectivity index (χ1) is 9.92. The van der Waals surface area contributed by atoms with Crippen molar-refractivity contribution in [2.45, 2.75) is 0 Å². The lowest BCUT2D eigenvalue weighted by molar-refractivity contribution is 1.36. The Morgan fingerprint density at radius 3 is 2.27 bits per heavy atom. The van der Waals surface area contributed by atoms with Crippen molar-refractivity contribution in [3.8, 4) is 11.1 Å². The van der Waals surface area contributed by atoms with E-state index in [4.69, 9.17) is 9.98 Å². The molecule has 98 valence electrons. The van der Waals surface area contributed by atoms with E-state index in [0.717, 1.165) is 22.1 Å². The van der Waals surface area contributed by atoms with Gasteiger partial charge in [-0.05, 0) is 24.3 Å². The first kappa shape index (κ1) is 14.3. The Balaban J connectivity index is 0.000000720. The van der Waals surface area contributed by atoms with Crippen molar-refractivity contribution in [2.24, 2.45) is 9.98 Å². The second kappa shape index (κ2) is 4.99. The van der Waals surface area contributed by atoms with Crippen LogP contribution in [0.15, 0.2) is 70.6 Å². The lowest BCUT2D eigenvalue weighted by Gasteiger charge is -2.01. The van der Waals surface area contributed by atoms with Crippen molar-refractivity contribution in [3.63, 3.8) is 0 Å². The van der Waals surface area contributed by atoms with Crippen LogP contribution < -0.4 is 10.7 Å². The van der Waals surface area contributed by atoms with Crippen molar-refractivity contribution in [3.05, 3.63) is 81.8 Å². The van der Waals surface area contributed by atoms with Gasteiger partial charge in [0, 0.05) is 38.4 Å². The quantitative estimate of drug-likeness (QED) is 0.388. The molecule has 0 aliphatic carbocycles. The monoisotopic (exact) mass is 276 g/mol. The van der Waals surface area contributed by atoms with Gasteiger partial charge >= 0.3 is 0 Å². The topological polar surface area (TPSA) is 24.7 Å². The summed E-state index contributed by atoms with van der Waals surface area (Å²) >= 11 is 0. The molecule has 0 fully saturated rings. The maximum atomic E-state index is 4.83. The fourth-order valence-electron chi connectivity index (χ4n) is 3.10. The molecule has 0 saturated heterocycles. The molecule has 0 unspecified atom stereocenters. The molecule has 22 heavy (non-hydrogen) atoms. The Morgan fingerprint density at radius 1 is 0.591 bits per heavy atom. The van der Waals surface area contributed by atoms with Crippen LogP contribution in [0.3, 0.4) is 0 Å². The number of hydrogen-bond acceptors (Lipinski definition) is 2. The SMILES string of the molecule is [B].[B].c1ccc2c(c1)N=c1ccc3c(c1-2)N=c1ccccc1=3. The number of nitrogens with zero attached hydrogens (tertiary/aromatic N) is 2. The van der Waals surface area contributed by atoms with E-state index in [1.54, 1.807) is 0 Å². The molecule has 4 heteroatoms. The molecule has 3 aromatic rings. The molecule has 0 bridgehead atoms. The van der Waals surface area contributed by atoms with Crippen LogP contribution in [-0.2, 0) is 0 Å². The van der Waals surface area contributed by atoms with Gasteiger partial charge in [-0.25, -0.2) is 9.98 Å². The van der Waals surface area contributed by atoms with Gasteiger partial charge in [-0.1, -0.05) is 36.4 Å². The first-order valence-corrected chi connectivity index (χ1v) is 6.71. The maximum absolute atomic E-state index is 4.83. The minimum Gasteiger partial charge on any atom is -0.248 e. The van der Waals surface area contributed by atoms with Crippen LogP contribution in [0.5, 0.6) is 0 Å². The number of hydrogen-bond donors (Lipinski definition) is 0. The largest absolute Gasteiger partial charge is 0.248 e. The van der Waals surface area contributed by atoms with E-state index in [0.29, 0.717) is 0 Å². The number of para-hydroxylation sites is 2. The number of fused-ring (bicyclic) bond motifs is 6. The zero-order chi connectivity index (χ0) is 13.1. The lowest BCUT2D eigenvalue weighted by Crippen LogP contribution is -2.00. The molecule has 0 amide bonds. The average Bonchev–Trinajstić information content (AvgIpc) is 3.04. The van der Waals surface area contributed by atoms with E-state index in [1.807, 2.05) is 12.1 Å². The molecule has 0 N–H and O–H groups in total. The summed E-state index contributed by atoms with van der Waals surface area (Å²) in [5.41, 5.74) is 4.48. The smallest absolute Gasteiger partial charge is 0.0817 e. The van der Waals surface area contributed by atoms with E-state index >= 15 is 0 Å². The highest BCUT2D eigenvalue weighted by Crippen LogP contribution is 2.38. The molecule has 0 spiro atoms. The van der Waals surface area contributed by atoms with E-state index in [9.17, 15) is 0 Å². The van der Waals surface area contributed by atoms with Crippen LogP contribution in [0.25, 0.3) is 11.1 Å². The third-order valence-electron chi connectivity index (χ3n) is 4.00. The van der Waals surface area contributed by atoms with Crippen LogP contribution in [0.1, 0.15) is 0 Å². The second-order valence-corrected chi connectivity index (χ2v) is 5.11. The molecule has 5 rings (SSSR count). The van der Waals surface area contributed by atoms with Gasteiger partial charge in [0.1, 0.15) is 0 Å². The zero-order valence-corrected chi connectivity index (χ0v) is 11.8. The molecule has 2 aliphatic heterocycles. The number of rotatable bonds is 0. The molecular formula is C18H10B2N2. The van der Waals surface area contributed by atoms with Gasteiger partial charge in [0.05, 0.1) is 22.1 Å². The summed E-state index contributed by atoms with van der Waals surface area (Å²) in [6.07, 6.45) is 0. The van der Waals surface area contributed by atoms with Crippen LogP contribution in [0.4, 0.5) is 11.4 Å². The Kier molecular flexibility index (Phi) is 3.25. The van der Waals surface area contributed by atoms with E-state index in [2.05, 4.69) is 48.5 Å². The van der Waals surface area contributed by atoms with Crippen LogP contribution >= 0.6 is 0 Å². The summed E-state index contributed by atoms with van der Waals surface area (Å²) in [7, 11) is 0. The minimum absolute atomic E-state index is 0. The summed E-state index contributed by atoms with van der Waals surface area (Å²) in [5, 5.41) is 4.52. The van der Waals surface area contributed by atoms with Gasteiger partial charge in [0.2, 0.25) is 0 Å². The Labute approximate surface area is 131 Å². The first-order valence-electron chi connectivity index (χ1n) is 6.71. The highest BCUT2D eigenvalue weighted by molar-refractivity contribution is 5.86. The van der Waals surface area contributed by atoms with Crippen molar-refractivity contribution in [2.75, 3.05) is 0 Å². The lowest BCUT2D eigenvalue weighted by atomic mass is 10.0. The van der Waals surface area contributed by atoms with Gasteiger partial charge in [-0.15, -0.1) is 0 Å². The third-order valence-corrected chi connectivity index (χ3v) is 4.00. The Bertz CT molecular complexity index is 1100. The molecule has 0 atom stereocenters. The fourth-order valence-corrected chi connectivity index (χ4v) is 3.10. The summed E-state index contributed by atoms with van der Waals surface area (Å²) in [6, 6.07) is 20.8. The Morgan fingerprint density at radius 2 is 1.36 bits per heavy atom. The second-order valence-electron chi connectivity index (χ2n) is 5.11. The highest BCUT2D eigenvalue weighted by atomic mass is 14.8. The fraction of sp³-hybridized carbons (Fsp3) is 0. The average molecular weight is 276 g/mol. The van der Waals surface area contributed by atoms with Crippen LogP contribution in [-0.4, -0.2) is 16.8 Å². The zero-order valence-electron chi connectivity index (χ0n) is 11.8. The van der Waals surface area contributed by atoms with Gasteiger partial charge in [0.15, 0.2) is 0 Å². The molecular weight excluding hydrogens is 266 g/mol. The number of benzene rings is 3. The van der Waals surface area contributed by atoms with Gasteiger partial charge < -0.3 is 0 Å². The summed E-state index contributed by atoms with van der Waals surface area (Å²) in [6.45, 7) is 0. The third kappa shape index (κ3) is 1.70. The molecule has 3 aromatic carbocycles. The van der Waals surface area contributed by atoms with Crippen LogP contribution in [0, 0.1) is 10.4 Å². The highest BCUT2D eigenvalue weighted by Gasteiger charge is 2.19. The van der Waals surface area contributed by atoms with Crippen molar-refractivity contribution < 1.29 is 0 Å². The van der Waals surface area contributed by atoms with Crippen LogP contribution in [0.2, 0.25) is 0 Å². The molecule has 0 aromatic heterocycles. The van der Waals surface area contributed by atoms with Crippen molar-refractivity contribution >= 4 is 28.2 Å². The molecule has 2 heterocycles. The summed E-state index contributed by atoms with van der Waals surface area (Å²) in [5.74, 6) is 0. The normalized spacial score (nSPS) is 11.6.